The molecular formula is C20H25N9O. The van der Waals surface area contributed by atoms with Crippen LogP contribution in [0.5, 0.6) is 0 Å². The summed E-state index contributed by atoms with van der Waals surface area (Å²) in [5.41, 5.74) is 1.38. The zero-order chi connectivity index (χ0) is 20.3. The van der Waals surface area contributed by atoms with Gasteiger partial charge in [0.05, 0.1) is 11.9 Å². The number of hydrogen-bond donors (Lipinski definition) is 1. The number of rotatable bonds is 4. The fourth-order valence-corrected chi connectivity index (χ4v) is 4.19. The van der Waals surface area contributed by atoms with Crippen molar-refractivity contribution < 1.29 is 4.79 Å². The van der Waals surface area contributed by atoms with E-state index in [1.165, 1.54) is 23.9 Å². The molecular weight excluding hydrogens is 382 g/mol. The lowest BCUT2D eigenvalue weighted by molar-refractivity contribution is -0.120. The second-order valence-corrected chi connectivity index (χ2v) is 7.92. The first-order chi connectivity index (χ1) is 14.8. The quantitative estimate of drug-likeness (QED) is 0.698. The molecule has 1 N–H and O–H groups in total. The second-order valence-electron chi connectivity index (χ2n) is 7.92. The highest BCUT2D eigenvalue weighted by Gasteiger charge is 2.26. The summed E-state index contributed by atoms with van der Waals surface area (Å²) in [4.78, 5) is 21.7. The molecule has 0 bridgehead atoms. The Morgan fingerprint density at radius 3 is 2.47 bits per heavy atom. The van der Waals surface area contributed by atoms with E-state index >= 15 is 0 Å². The highest BCUT2D eigenvalue weighted by molar-refractivity contribution is 5.92. The third-order valence-electron chi connectivity index (χ3n) is 5.94. The number of amides is 1. The van der Waals surface area contributed by atoms with Crippen LogP contribution in [0.3, 0.4) is 0 Å². The van der Waals surface area contributed by atoms with E-state index in [0.717, 1.165) is 56.3 Å². The largest absolute Gasteiger partial charge is 0.357 e. The number of carbonyl (C=O) groups is 1. The Kier molecular flexibility index (Phi) is 5.12. The molecule has 0 aliphatic carbocycles. The van der Waals surface area contributed by atoms with Crippen molar-refractivity contribution in [1.29, 1.82) is 0 Å². The molecule has 5 rings (SSSR count). The molecule has 10 heteroatoms. The molecule has 0 spiro atoms. The number of pyridine rings is 1. The van der Waals surface area contributed by atoms with Crippen molar-refractivity contribution in [1.82, 2.24) is 30.2 Å². The van der Waals surface area contributed by atoms with E-state index in [4.69, 9.17) is 0 Å². The molecule has 0 unspecified atom stereocenters. The Balaban J connectivity index is 1.15. The molecule has 2 aliphatic heterocycles. The Morgan fingerprint density at radius 1 is 0.933 bits per heavy atom. The van der Waals surface area contributed by atoms with E-state index in [1.807, 2.05) is 24.3 Å². The van der Waals surface area contributed by atoms with Crippen LogP contribution in [-0.4, -0.2) is 62.3 Å². The fourth-order valence-electron chi connectivity index (χ4n) is 4.19. The van der Waals surface area contributed by atoms with Gasteiger partial charge in [-0.05, 0) is 66.8 Å². The van der Waals surface area contributed by atoms with Gasteiger partial charge in [-0.25, -0.2) is 4.98 Å². The molecule has 2 saturated heterocycles. The van der Waals surface area contributed by atoms with E-state index < -0.39 is 0 Å². The van der Waals surface area contributed by atoms with Gasteiger partial charge in [0.25, 0.3) is 0 Å². The smallest absolute Gasteiger partial charge is 0.227 e. The molecule has 156 valence electrons. The normalized spacial score (nSPS) is 18.0. The maximum Gasteiger partial charge on any atom is 0.227 e. The highest BCUT2D eigenvalue weighted by atomic mass is 16.1. The van der Waals surface area contributed by atoms with Crippen molar-refractivity contribution in [3.05, 3.63) is 30.5 Å². The summed E-state index contributed by atoms with van der Waals surface area (Å²) in [5, 5.41) is 18.8. The Bertz CT molecular complexity index is 1000. The SMILES string of the molecule is O=C(Nc1ccc(N2CCCCC2)nc1)C1CCN(c2ccc3nnnn3n2)CC1. The number of hydrogen-bond acceptors (Lipinski definition) is 8. The number of piperidine rings is 2. The average Bonchev–Trinajstić information content (AvgIpc) is 3.28. The lowest BCUT2D eigenvalue weighted by atomic mass is 9.96. The minimum Gasteiger partial charge on any atom is -0.357 e. The van der Waals surface area contributed by atoms with Crippen LogP contribution in [-0.2, 0) is 4.79 Å². The Labute approximate surface area is 174 Å². The summed E-state index contributed by atoms with van der Waals surface area (Å²) in [6, 6.07) is 7.73. The third-order valence-corrected chi connectivity index (χ3v) is 5.94. The van der Waals surface area contributed by atoms with E-state index in [0.29, 0.717) is 5.65 Å². The standard InChI is InChI=1S/C20H25N9O/c30-20(22-16-4-5-17(21-14-16)27-10-2-1-3-11-27)15-8-12-28(13-9-15)19-7-6-18-23-25-26-29(18)24-19/h4-7,14-15H,1-3,8-13H2,(H,22,30). The molecule has 1 amide bonds. The van der Waals surface area contributed by atoms with Gasteiger partial charge in [-0.2, -0.15) is 0 Å². The molecule has 3 aromatic rings. The molecule has 30 heavy (non-hydrogen) atoms. The van der Waals surface area contributed by atoms with Gasteiger partial charge in [0, 0.05) is 32.1 Å². The minimum atomic E-state index is -0.0141. The van der Waals surface area contributed by atoms with Crippen LogP contribution in [0.4, 0.5) is 17.3 Å². The predicted molar refractivity (Wildman–Crippen MR) is 112 cm³/mol. The van der Waals surface area contributed by atoms with Gasteiger partial charge in [0.1, 0.15) is 5.82 Å². The summed E-state index contributed by atoms with van der Waals surface area (Å²) in [6.07, 6.45) is 7.06. The number of nitrogens with one attached hydrogen (secondary N) is 1. The van der Waals surface area contributed by atoms with E-state index in [2.05, 4.69) is 40.7 Å². The van der Waals surface area contributed by atoms with Crippen molar-refractivity contribution in [3.8, 4) is 0 Å². The van der Waals surface area contributed by atoms with E-state index in [-0.39, 0.29) is 11.8 Å². The number of anilines is 3. The van der Waals surface area contributed by atoms with Crippen LogP contribution in [0.1, 0.15) is 32.1 Å². The highest BCUT2D eigenvalue weighted by Crippen LogP contribution is 2.24. The molecule has 0 atom stereocenters. The summed E-state index contributed by atoms with van der Waals surface area (Å²) in [6.45, 7) is 3.66. The molecule has 0 radical (unpaired) electrons. The van der Waals surface area contributed by atoms with E-state index in [9.17, 15) is 4.79 Å². The van der Waals surface area contributed by atoms with Crippen LogP contribution in [0.25, 0.3) is 5.65 Å². The zero-order valence-corrected chi connectivity index (χ0v) is 16.8. The van der Waals surface area contributed by atoms with Gasteiger partial charge in [-0.1, -0.05) is 0 Å². The molecule has 10 nitrogen and oxygen atoms in total. The van der Waals surface area contributed by atoms with Gasteiger partial charge < -0.3 is 15.1 Å². The number of aromatic nitrogens is 6. The molecule has 0 saturated carbocycles. The maximum absolute atomic E-state index is 12.7. The fraction of sp³-hybridized carbons (Fsp3) is 0.500. The van der Waals surface area contributed by atoms with Gasteiger partial charge in [-0.3, -0.25) is 4.79 Å². The van der Waals surface area contributed by atoms with Crippen molar-refractivity contribution in [2.75, 3.05) is 41.3 Å². The topological polar surface area (TPSA) is 104 Å². The first-order valence-corrected chi connectivity index (χ1v) is 10.6. The van der Waals surface area contributed by atoms with Crippen LogP contribution in [0, 0.1) is 5.92 Å². The molecule has 3 aromatic heterocycles. The molecule has 2 aliphatic rings. The van der Waals surface area contributed by atoms with Crippen LogP contribution < -0.4 is 15.1 Å². The van der Waals surface area contributed by atoms with Crippen molar-refractivity contribution in [2.24, 2.45) is 5.92 Å². The van der Waals surface area contributed by atoms with Crippen LogP contribution in [0.2, 0.25) is 0 Å². The number of tetrazole rings is 1. The van der Waals surface area contributed by atoms with Gasteiger partial charge in [0.15, 0.2) is 11.5 Å². The summed E-state index contributed by atoms with van der Waals surface area (Å²) < 4.78 is 1.43. The Hall–Kier alpha value is -3.30. The first kappa shape index (κ1) is 18.7. The van der Waals surface area contributed by atoms with Crippen molar-refractivity contribution >= 4 is 28.9 Å². The van der Waals surface area contributed by atoms with Crippen LogP contribution >= 0.6 is 0 Å². The van der Waals surface area contributed by atoms with Gasteiger partial charge in [0.2, 0.25) is 5.91 Å². The average molecular weight is 407 g/mol. The first-order valence-electron chi connectivity index (χ1n) is 10.6. The lowest BCUT2D eigenvalue weighted by Gasteiger charge is -2.31. The monoisotopic (exact) mass is 407 g/mol. The summed E-state index contributed by atoms with van der Waals surface area (Å²) >= 11 is 0. The minimum absolute atomic E-state index is 0.0141. The zero-order valence-electron chi connectivity index (χ0n) is 16.8. The van der Waals surface area contributed by atoms with Crippen molar-refractivity contribution in [2.45, 2.75) is 32.1 Å². The van der Waals surface area contributed by atoms with Crippen LogP contribution in [0.15, 0.2) is 30.5 Å². The molecule has 0 aromatic carbocycles. The summed E-state index contributed by atoms with van der Waals surface area (Å²) in [7, 11) is 0. The predicted octanol–water partition coefficient (Wildman–Crippen LogP) is 1.76. The number of fused-ring (bicyclic) bond motifs is 1. The number of nitrogens with zero attached hydrogens (tertiary/aromatic N) is 8. The molecule has 2 fully saturated rings. The summed E-state index contributed by atoms with van der Waals surface area (Å²) in [5.74, 6) is 1.87. The van der Waals surface area contributed by atoms with Crippen molar-refractivity contribution in [3.63, 3.8) is 0 Å². The Morgan fingerprint density at radius 2 is 1.70 bits per heavy atom. The lowest BCUT2D eigenvalue weighted by Crippen LogP contribution is -2.38. The number of carbonyl (C=O) groups excluding carboxylic acids is 1. The maximum atomic E-state index is 12.7. The second kappa shape index (κ2) is 8.21. The molecule has 5 heterocycles. The van der Waals surface area contributed by atoms with Gasteiger partial charge in [-0.15, -0.1) is 14.8 Å². The van der Waals surface area contributed by atoms with Gasteiger partial charge >= 0.3 is 0 Å². The third kappa shape index (κ3) is 3.89. The van der Waals surface area contributed by atoms with E-state index in [1.54, 1.807) is 6.20 Å².